The Morgan fingerprint density at radius 1 is 1.53 bits per heavy atom. The van der Waals surface area contributed by atoms with Crippen LogP contribution in [-0.2, 0) is 9.53 Å². The summed E-state index contributed by atoms with van der Waals surface area (Å²) in [7, 11) is 0. The van der Waals surface area contributed by atoms with Crippen LogP contribution in [0.3, 0.4) is 0 Å². The molecular weight excluding hydrogens is 216 g/mol. The second kappa shape index (κ2) is 6.36. The van der Waals surface area contributed by atoms with Crippen molar-refractivity contribution in [1.82, 2.24) is 10.6 Å². The fourth-order valence-corrected chi connectivity index (χ4v) is 2.02. The van der Waals surface area contributed by atoms with Crippen molar-refractivity contribution in [2.24, 2.45) is 0 Å². The summed E-state index contributed by atoms with van der Waals surface area (Å²) in [6, 6.07) is -0.145. The average molecular weight is 242 g/mol. The van der Waals surface area contributed by atoms with Crippen molar-refractivity contribution in [2.75, 3.05) is 13.1 Å². The Hall–Kier alpha value is -0.610. The summed E-state index contributed by atoms with van der Waals surface area (Å²) in [4.78, 5) is 11.6. The minimum atomic E-state index is -0.145. The number of hydrogen-bond donors (Lipinski definition) is 2. The quantitative estimate of drug-likeness (QED) is 0.741. The normalized spacial score (nSPS) is 24.6. The first-order valence-corrected chi connectivity index (χ1v) is 6.63. The van der Waals surface area contributed by atoms with Gasteiger partial charge in [0.25, 0.3) is 0 Å². The smallest absolute Gasteiger partial charge is 0.236 e. The summed E-state index contributed by atoms with van der Waals surface area (Å²) in [5.41, 5.74) is 0.0000539. The minimum Gasteiger partial charge on any atom is -0.371 e. The number of carbonyl (C=O) groups is 1. The molecule has 0 spiro atoms. The predicted octanol–water partition coefficient (Wildman–Crippen LogP) is 1.45. The molecule has 2 atom stereocenters. The maximum Gasteiger partial charge on any atom is 0.236 e. The maximum atomic E-state index is 11.6. The van der Waals surface area contributed by atoms with Crippen LogP contribution >= 0.6 is 0 Å². The van der Waals surface area contributed by atoms with Crippen LogP contribution < -0.4 is 10.6 Å². The van der Waals surface area contributed by atoms with E-state index in [1.807, 2.05) is 13.8 Å². The van der Waals surface area contributed by atoms with Crippen molar-refractivity contribution < 1.29 is 9.53 Å². The molecule has 0 aromatic carbocycles. The molecule has 4 heteroatoms. The minimum absolute atomic E-state index is 0.0000539. The molecule has 100 valence electrons. The summed E-state index contributed by atoms with van der Waals surface area (Å²) in [5.74, 6) is 0.0732. The molecule has 0 bridgehead atoms. The van der Waals surface area contributed by atoms with E-state index in [0.717, 1.165) is 32.4 Å². The largest absolute Gasteiger partial charge is 0.371 e. The van der Waals surface area contributed by atoms with Gasteiger partial charge >= 0.3 is 0 Å². The zero-order valence-corrected chi connectivity index (χ0v) is 11.5. The van der Waals surface area contributed by atoms with Crippen LogP contribution in [0.1, 0.15) is 47.0 Å². The Balaban J connectivity index is 2.20. The van der Waals surface area contributed by atoms with Crippen molar-refractivity contribution >= 4 is 5.91 Å². The number of amides is 1. The Kier molecular flexibility index (Phi) is 5.40. The van der Waals surface area contributed by atoms with Crippen LogP contribution in [0.5, 0.6) is 0 Å². The number of rotatable bonds is 6. The zero-order valence-electron chi connectivity index (χ0n) is 11.5. The molecule has 2 unspecified atom stereocenters. The SMILES string of the molecule is CCCNC(=O)C(C)NCC1CCC(C)(C)O1. The standard InChI is InChI=1S/C13H26N2O2/c1-5-8-14-12(16)10(2)15-9-11-6-7-13(3,4)17-11/h10-11,15H,5-9H2,1-4H3,(H,14,16). The highest BCUT2D eigenvalue weighted by molar-refractivity contribution is 5.81. The molecule has 0 radical (unpaired) electrons. The van der Waals surface area contributed by atoms with Gasteiger partial charge in [0.1, 0.15) is 0 Å². The van der Waals surface area contributed by atoms with E-state index in [1.54, 1.807) is 0 Å². The molecule has 17 heavy (non-hydrogen) atoms. The van der Waals surface area contributed by atoms with Gasteiger partial charge in [-0.2, -0.15) is 0 Å². The lowest BCUT2D eigenvalue weighted by Crippen LogP contribution is -2.45. The molecule has 1 amide bonds. The topological polar surface area (TPSA) is 50.4 Å². The summed E-state index contributed by atoms with van der Waals surface area (Å²) >= 11 is 0. The highest BCUT2D eigenvalue weighted by atomic mass is 16.5. The highest BCUT2D eigenvalue weighted by Crippen LogP contribution is 2.28. The first kappa shape index (κ1) is 14.5. The third-order valence-corrected chi connectivity index (χ3v) is 3.15. The highest BCUT2D eigenvalue weighted by Gasteiger charge is 2.31. The summed E-state index contributed by atoms with van der Waals surface area (Å²) in [5, 5.41) is 6.12. The first-order valence-electron chi connectivity index (χ1n) is 6.63. The lowest BCUT2D eigenvalue weighted by atomic mass is 10.1. The van der Waals surface area contributed by atoms with Gasteiger partial charge in [-0.25, -0.2) is 0 Å². The molecule has 0 aromatic rings. The number of ether oxygens (including phenoxy) is 1. The van der Waals surface area contributed by atoms with Crippen LogP contribution in [0.2, 0.25) is 0 Å². The molecule has 0 aliphatic carbocycles. The van der Waals surface area contributed by atoms with E-state index in [4.69, 9.17) is 4.74 Å². The van der Waals surface area contributed by atoms with Crippen molar-refractivity contribution in [1.29, 1.82) is 0 Å². The number of nitrogens with one attached hydrogen (secondary N) is 2. The van der Waals surface area contributed by atoms with E-state index in [2.05, 4.69) is 24.5 Å². The molecule has 0 aromatic heterocycles. The second-order valence-electron chi connectivity index (χ2n) is 5.46. The summed E-state index contributed by atoms with van der Waals surface area (Å²) < 4.78 is 5.87. The molecular formula is C13H26N2O2. The molecule has 1 aliphatic rings. The third kappa shape index (κ3) is 5.04. The molecule has 2 N–H and O–H groups in total. The lowest BCUT2D eigenvalue weighted by molar-refractivity contribution is -0.122. The van der Waals surface area contributed by atoms with E-state index in [-0.39, 0.29) is 23.7 Å². The van der Waals surface area contributed by atoms with Crippen LogP contribution in [0.15, 0.2) is 0 Å². The van der Waals surface area contributed by atoms with Crippen LogP contribution in [0.4, 0.5) is 0 Å². The molecule has 1 saturated heterocycles. The lowest BCUT2D eigenvalue weighted by Gasteiger charge is -2.21. The van der Waals surface area contributed by atoms with Gasteiger partial charge in [0.05, 0.1) is 17.7 Å². The molecule has 1 aliphatic heterocycles. The van der Waals surface area contributed by atoms with Crippen LogP contribution in [0, 0.1) is 0 Å². The van der Waals surface area contributed by atoms with E-state index in [9.17, 15) is 4.79 Å². The van der Waals surface area contributed by atoms with Gasteiger partial charge in [0.15, 0.2) is 0 Å². The number of carbonyl (C=O) groups excluding carboxylic acids is 1. The van der Waals surface area contributed by atoms with E-state index in [0.29, 0.717) is 0 Å². The molecule has 1 fully saturated rings. The molecule has 4 nitrogen and oxygen atoms in total. The van der Waals surface area contributed by atoms with E-state index < -0.39 is 0 Å². The second-order valence-corrected chi connectivity index (χ2v) is 5.46. The van der Waals surface area contributed by atoms with Crippen molar-refractivity contribution in [3.05, 3.63) is 0 Å². The van der Waals surface area contributed by atoms with Gasteiger partial charge in [0, 0.05) is 13.1 Å². The predicted molar refractivity (Wildman–Crippen MR) is 69.0 cm³/mol. The van der Waals surface area contributed by atoms with Crippen molar-refractivity contribution in [2.45, 2.75) is 64.7 Å². The van der Waals surface area contributed by atoms with Gasteiger partial charge in [-0.1, -0.05) is 6.92 Å². The van der Waals surface area contributed by atoms with Crippen molar-refractivity contribution in [3.63, 3.8) is 0 Å². The van der Waals surface area contributed by atoms with E-state index >= 15 is 0 Å². The molecule has 0 saturated carbocycles. The average Bonchev–Trinajstić information content (AvgIpc) is 2.62. The van der Waals surface area contributed by atoms with Crippen LogP contribution in [0.25, 0.3) is 0 Å². The molecule has 1 rings (SSSR count). The van der Waals surface area contributed by atoms with Gasteiger partial charge in [-0.3, -0.25) is 4.79 Å². The zero-order chi connectivity index (χ0) is 12.9. The maximum absolute atomic E-state index is 11.6. The molecule has 1 heterocycles. The van der Waals surface area contributed by atoms with Gasteiger partial charge in [-0.05, 0) is 40.0 Å². The third-order valence-electron chi connectivity index (χ3n) is 3.15. The monoisotopic (exact) mass is 242 g/mol. The first-order chi connectivity index (χ1) is 7.94. The number of hydrogen-bond acceptors (Lipinski definition) is 3. The fourth-order valence-electron chi connectivity index (χ4n) is 2.02. The summed E-state index contributed by atoms with van der Waals surface area (Å²) in [6.07, 6.45) is 3.38. The summed E-state index contributed by atoms with van der Waals surface area (Å²) in [6.45, 7) is 9.68. The van der Waals surface area contributed by atoms with E-state index in [1.165, 1.54) is 0 Å². The van der Waals surface area contributed by atoms with Gasteiger partial charge < -0.3 is 15.4 Å². The van der Waals surface area contributed by atoms with Crippen LogP contribution in [-0.4, -0.2) is 36.7 Å². The Labute approximate surface area is 104 Å². The Bertz CT molecular complexity index is 254. The van der Waals surface area contributed by atoms with Gasteiger partial charge in [-0.15, -0.1) is 0 Å². The van der Waals surface area contributed by atoms with Crippen molar-refractivity contribution in [3.8, 4) is 0 Å². The fraction of sp³-hybridized carbons (Fsp3) is 0.923. The van der Waals surface area contributed by atoms with Gasteiger partial charge in [0.2, 0.25) is 5.91 Å². The Morgan fingerprint density at radius 3 is 2.76 bits per heavy atom. The Morgan fingerprint density at radius 2 is 2.24 bits per heavy atom.